The molecule has 7 nitrogen and oxygen atoms in total. The Hall–Kier alpha value is -2.18. The fraction of sp³-hybridized carbons (Fsp3) is 0.455. The van der Waals surface area contributed by atoms with Crippen LogP contribution in [0, 0.1) is 10.1 Å². The van der Waals surface area contributed by atoms with Crippen molar-refractivity contribution >= 4 is 17.5 Å². The number of nitrogens with zero attached hydrogens (tertiary/aromatic N) is 3. The summed E-state index contributed by atoms with van der Waals surface area (Å²) < 4.78 is 0. The molecule has 1 atom stereocenters. The maximum Gasteiger partial charge on any atom is 0.326 e. The Morgan fingerprint density at radius 2 is 2.28 bits per heavy atom. The number of rotatable bonds is 3. The Balaban J connectivity index is 2.23. The number of aromatic nitrogens is 1. The van der Waals surface area contributed by atoms with Crippen LogP contribution in [-0.4, -0.2) is 33.6 Å². The van der Waals surface area contributed by atoms with Crippen LogP contribution in [0.3, 0.4) is 0 Å². The zero-order chi connectivity index (χ0) is 13.1. The summed E-state index contributed by atoms with van der Waals surface area (Å²) in [6.45, 7) is 0.613. The maximum atomic E-state index is 11.1. The van der Waals surface area contributed by atoms with Gasteiger partial charge in [-0.2, -0.15) is 0 Å². The average molecular weight is 251 g/mol. The molecule has 1 aromatic rings. The number of carboxylic acids is 1. The molecule has 0 bridgehead atoms. The Labute approximate surface area is 103 Å². The Morgan fingerprint density at radius 3 is 2.83 bits per heavy atom. The predicted octanol–water partition coefficient (Wildman–Crippen LogP) is 1.43. The van der Waals surface area contributed by atoms with Crippen LogP contribution in [0.15, 0.2) is 18.3 Å². The summed E-state index contributed by atoms with van der Waals surface area (Å²) in [4.78, 5) is 26.8. The minimum absolute atomic E-state index is 0.0948. The number of anilines is 1. The third kappa shape index (κ3) is 2.39. The number of nitro groups is 1. The summed E-state index contributed by atoms with van der Waals surface area (Å²) in [6.07, 6.45) is 3.51. The lowest BCUT2D eigenvalue weighted by molar-refractivity contribution is -0.385. The van der Waals surface area contributed by atoms with Gasteiger partial charge < -0.3 is 10.0 Å². The highest BCUT2D eigenvalue weighted by molar-refractivity contribution is 5.78. The lowest BCUT2D eigenvalue weighted by Gasteiger charge is -2.33. The monoisotopic (exact) mass is 251 g/mol. The van der Waals surface area contributed by atoms with Gasteiger partial charge in [-0.15, -0.1) is 0 Å². The minimum Gasteiger partial charge on any atom is -0.480 e. The van der Waals surface area contributed by atoms with Gasteiger partial charge in [-0.25, -0.2) is 9.78 Å². The number of hydrogen-bond acceptors (Lipinski definition) is 5. The van der Waals surface area contributed by atoms with Gasteiger partial charge in [0.1, 0.15) is 18.1 Å². The molecule has 1 unspecified atom stereocenters. The van der Waals surface area contributed by atoms with E-state index in [1.54, 1.807) is 4.90 Å². The van der Waals surface area contributed by atoms with Gasteiger partial charge in [-0.1, -0.05) is 0 Å². The smallest absolute Gasteiger partial charge is 0.326 e. The molecule has 0 aromatic carbocycles. The van der Waals surface area contributed by atoms with Crippen molar-refractivity contribution < 1.29 is 14.8 Å². The van der Waals surface area contributed by atoms with Gasteiger partial charge in [-0.3, -0.25) is 10.1 Å². The van der Waals surface area contributed by atoms with Gasteiger partial charge in [-0.05, 0) is 25.3 Å². The van der Waals surface area contributed by atoms with Crippen molar-refractivity contribution in [2.75, 3.05) is 11.4 Å². The number of aliphatic carboxylic acids is 1. The first-order chi connectivity index (χ1) is 8.59. The molecule has 0 spiro atoms. The van der Waals surface area contributed by atoms with Crippen LogP contribution < -0.4 is 4.90 Å². The van der Waals surface area contributed by atoms with E-state index in [1.165, 1.54) is 12.1 Å². The van der Waals surface area contributed by atoms with E-state index in [1.807, 2.05) is 0 Å². The number of piperidine rings is 1. The lowest BCUT2D eigenvalue weighted by Crippen LogP contribution is -2.45. The molecule has 1 aliphatic heterocycles. The molecule has 0 saturated carbocycles. The van der Waals surface area contributed by atoms with Crippen molar-refractivity contribution in [3.63, 3.8) is 0 Å². The summed E-state index contributed by atoms with van der Waals surface area (Å²) in [5.74, 6) is -0.400. The van der Waals surface area contributed by atoms with Crippen LogP contribution in [0.5, 0.6) is 0 Å². The van der Waals surface area contributed by atoms with E-state index < -0.39 is 16.9 Å². The van der Waals surface area contributed by atoms with Crippen LogP contribution in [0.4, 0.5) is 11.5 Å². The zero-order valence-corrected chi connectivity index (χ0v) is 9.65. The highest BCUT2D eigenvalue weighted by Gasteiger charge is 2.29. The molecule has 0 radical (unpaired) electrons. The average Bonchev–Trinajstić information content (AvgIpc) is 2.39. The number of pyridine rings is 1. The first-order valence-corrected chi connectivity index (χ1v) is 5.69. The van der Waals surface area contributed by atoms with Crippen molar-refractivity contribution in [3.05, 3.63) is 28.4 Å². The van der Waals surface area contributed by atoms with E-state index in [0.717, 1.165) is 19.0 Å². The summed E-state index contributed by atoms with van der Waals surface area (Å²) >= 11 is 0. The van der Waals surface area contributed by atoms with Crippen molar-refractivity contribution in [2.45, 2.75) is 25.3 Å². The molecule has 1 saturated heterocycles. The van der Waals surface area contributed by atoms with E-state index in [-0.39, 0.29) is 5.69 Å². The molecule has 1 aliphatic rings. The molecule has 2 heterocycles. The van der Waals surface area contributed by atoms with Crippen LogP contribution >= 0.6 is 0 Å². The zero-order valence-electron chi connectivity index (χ0n) is 9.65. The Morgan fingerprint density at radius 1 is 1.50 bits per heavy atom. The molecule has 0 amide bonds. The molecule has 18 heavy (non-hydrogen) atoms. The summed E-state index contributed by atoms with van der Waals surface area (Å²) in [5, 5.41) is 19.7. The van der Waals surface area contributed by atoms with Gasteiger partial charge in [0, 0.05) is 12.6 Å². The normalized spacial score (nSPS) is 19.6. The van der Waals surface area contributed by atoms with Crippen molar-refractivity contribution in [3.8, 4) is 0 Å². The largest absolute Gasteiger partial charge is 0.480 e. The molecule has 1 fully saturated rings. The molecule has 1 N–H and O–H groups in total. The van der Waals surface area contributed by atoms with E-state index in [4.69, 9.17) is 5.11 Å². The van der Waals surface area contributed by atoms with E-state index >= 15 is 0 Å². The summed E-state index contributed by atoms with van der Waals surface area (Å²) in [6, 6.07) is 2.25. The highest BCUT2D eigenvalue weighted by Crippen LogP contribution is 2.24. The van der Waals surface area contributed by atoms with Crippen LogP contribution in [0.2, 0.25) is 0 Å². The molecule has 2 rings (SSSR count). The first kappa shape index (κ1) is 12.3. The molecule has 0 aliphatic carbocycles. The molecule has 7 heteroatoms. The van der Waals surface area contributed by atoms with Crippen molar-refractivity contribution in [1.29, 1.82) is 0 Å². The maximum absolute atomic E-state index is 11.1. The fourth-order valence-corrected chi connectivity index (χ4v) is 2.12. The van der Waals surface area contributed by atoms with Gasteiger partial charge >= 0.3 is 5.97 Å². The lowest BCUT2D eigenvalue weighted by atomic mass is 10.0. The standard InChI is InChI=1S/C11H13N3O4/c15-11(16)9-3-1-2-6-13(9)10-5-4-8(7-12-10)14(17)18/h4-5,7,9H,1-3,6H2,(H,15,16). The second kappa shape index (κ2) is 4.99. The third-order valence-corrected chi connectivity index (χ3v) is 3.03. The van der Waals surface area contributed by atoms with Crippen molar-refractivity contribution in [2.24, 2.45) is 0 Å². The molecule has 1 aromatic heterocycles. The molecular formula is C11H13N3O4. The van der Waals surface area contributed by atoms with E-state index in [9.17, 15) is 14.9 Å². The first-order valence-electron chi connectivity index (χ1n) is 5.69. The van der Waals surface area contributed by atoms with E-state index in [2.05, 4.69) is 4.98 Å². The van der Waals surface area contributed by atoms with Crippen LogP contribution in [-0.2, 0) is 4.79 Å². The third-order valence-electron chi connectivity index (χ3n) is 3.03. The summed E-state index contributed by atoms with van der Waals surface area (Å²) in [7, 11) is 0. The number of hydrogen-bond donors (Lipinski definition) is 1. The van der Waals surface area contributed by atoms with Gasteiger partial charge in [0.25, 0.3) is 5.69 Å². The molecule has 96 valence electrons. The highest BCUT2D eigenvalue weighted by atomic mass is 16.6. The Kier molecular flexibility index (Phi) is 3.40. The second-order valence-corrected chi connectivity index (χ2v) is 4.17. The minimum atomic E-state index is -0.880. The second-order valence-electron chi connectivity index (χ2n) is 4.17. The topological polar surface area (TPSA) is 96.6 Å². The number of carbonyl (C=O) groups is 1. The quantitative estimate of drug-likeness (QED) is 0.644. The van der Waals surface area contributed by atoms with Gasteiger partial charge in [0.15, 0.2) is 0 Å². The van der Waals surface area contributed by atoms with E-state index in [0.29, 0.717) is 18.8 Å². The Bertz CT molecular complexity index is 460. The van der Waals surface area contributed by atoms with Gasteiger partial charge in [0.05, 0.1) is 4.92 Å². The number of carboxylic acid groups (broad SMARTS) is 1. The van der Waals surface area contributed by atoms with Crippen LogP contribution in [0.25, 0.3) is 0 Å². The predicted molar refractivity (Wildman–Crippen MR) is 63.5 cm³/mol. The summed E-state index contributed by atoms with van der Waals surface area (Å²) in [5.41, 5.74) is -0.0948. The SMILES string of the molecule is O=C(O)C1CCCCN1c1ccc([N+](=O)[O-])cn1. The fourth-order valence-electron chi connectivity index (χ4n) is 2.12. The molecular weight excluding hydrogens is 238 g/mol. The van der Waals surface area contributed by atoms with Crippen molar-refractivity contribution in [1.82, 2.24) is 4.98 Å². The van der Waals surface area contributed by atoms with Gasteiger partial charge in [0.2, 0.25) is 0 Å². The van der Waals surface area contributed by atoms with Crippen LogP contribution in [0.1, 0.15) is 19.3 Å².